The Kier molecular flexibility index (Phi) is 5.74. The zero-order chi connectivity index (χ0) is 23.0. The van der Waals surface area contributed by atoms with Crippen LogP contribution in [0.2, 0.25) is 0 Å². The maximum absolute atomic E-state index is 13.5. The number of aliphatic imine (C=N–C) groups is 1. The summed E-state index contributed by atoms with van der Waals surface area (Å²) in [4.78, 5) is 19.7. The lowest BCUT2D eigenvalue weighted by Crippen LogP contribution is -2.40. The molecule has 33 heavy (non-hydrogen) atoms. The summed E-state index contributed by atoms with van der Waals surface area (Å²) in [6, 6.07) is 19.1. The molecular formula is C26H21F3N2OS. The molecule has 0 radical (unpaired) electrons. The molecule has 0 aromatic heterocycles. The molecule has 3 aromatic carbocycles. The topological polar surface area (TPSA) is 41.5 Å². The van der Waals surface area contributed by atoms with Gasteiger partial charge < -0.3 is 5.32 Å². The van der Waals surface area contributed by atoms with Crippen LogP contribution in [0.5, 0.6) is 0 Å². The van der Waals surface area contributed by atoms with Crippen LogP contribution in [0.3, 0.4) is 0 Å². The number of nitrogens with one attached hydrogen (secondary N) is 1. The van der Waals surface area contributed by atoms with E-state index in [1.54, 1.807) is 36.0 Å². The maximum Gasteiger partial charge on any atom is 0.251 e. The lowest BCUT2D eigenvalue weighted by molar-refractivity contribution is -0.0399. The molecule has 3 nitrogen and oxygen atoms in total. The van der Waals surface area contributed by atoms with Crippen molar-refractivity contribution in [1.29, 1.82) is 0 Å². The molecule has 1 N–H and O–H groups in total. The van der Waals surface area contributed by atoms with E-state index in [1.807, 2.05) is 30.3 Å². The molecule has 0 saturated heterocycles. The standard InChI is InChI=1S/C26H21F3N2OS/c27-18-8-5-16(6-9-18)24-20-3-1-2-4-22(20)33-23-10-7-17(15-21(23)31-24)25(32)30-19-11-13-26(28,29)14-12-19/h1-10,15,19H,11-14H2,(H,30,32). The number of fused-ring (bicyclic) bond motifs is 2. The van der Waals surface area contributed by atoms with E-state index in [9.17, 15) is 18.0 Å². The van der Waals surface area contributed by atoms with Gasteiger partial charge in [0, 0.05) is 45.4 Å². The average Bonchev–Trinajstić information content (AvgIpc) is 2.97. The van der Waals surface area contributed by atoms with Gasteiger partial charge in [-0.25, -0.2) is 18.2 Å². The van der Waals surface area contributed by atoms with Crippen molar-refractivity contribution in [1.82, 2.24) is 5.32 Å². The molecule has 0 spiro atoms. The van der Waals surface area contributed by atoms with Crippen molar-refractivity contribution in [3.05, 3.63) is 89.2 Å². The molecule has 1 aliphatic heterocycles. The van der Waals surface area contributed by atoms with Crippen molar-refractivity contribution in [3.63, 3.8) is 0 Å². The summed E-state index contributed by atoms with van der Waals surface area (Å²) in [5, 5.41) is 2.89. The third kappa shape index (κ3) is 4.69. The van der Waals surface area contributed by atoms with Crippen LogP contribution < -0.4 is 5.32 Å². The number of alkyl halides is 2. The minimum absolute atomic E-state index is 0.206. The van der Waals surface area contributed by atoms with Crippen molar-refractivity contribution < 1.29 is 18.0 Å². The van der Waals surface area contributed by atoms with E-state index in [1.165, 1.54) is 12.1 Å². The lowest BCUT2D eigenvalue weighted by Gasteiger charge is -2.28. The van der Waals surface area contributed by atoms with Crippen molar-refractivity contribution >= 4 is 29.1 Å². The third-order valence-electron chi connectivity index (χ3n) is 5.99. The quantitative estimate of drug-likeness (QED) is 0.362. The Morgan fingerprint density at radius 2 is 1.70 bits per heavy atom. The Hall–Kier alpha value is -3.06. The Morgan fingerprint density at radius 3 is 2.45 bits per heavy atom. The first-order valence-electron chi connectivity index (χ1n) is 10.8. The number of hydrogen-bond donors (Lipinski definition) is 1. The number of hydrogen-bond acceptors (Lipinski definition) is 3. The summed E-state index contributed by atoms with van der Waals surface area (Å²) >= 11 is 1.56. The van der Waals surface area contributed by atoms with E-state index < -0.39 is 5.92 Å². The van der Waals surface area contributed by atoms with Gasteiger partial charge in [-0.3, -0.25) is 4.79 Å². The number of benzene rings is 3. The summed E-state index contributed by atoms with van der Waals surface area (Å²) in [7, 11) is 0. The minimum atomic E-state index is -2.64. The van der Waals surface area contributed by atoms with E-state index in [0.29, 0.717) is 17.0 Å². The molecule has 1 heterocycles. The average molecular weight is 467 g/mol. The monoisotopic (exact) mass is 466 g/mol. The molecule has 0 atom stereocenters. The highest BCUT2D eigenvalue weighted by Gasteiger charge is 2.35. The summed E-state index contributed by atoms with van der Waals surface area (Å²) in [5.41, 5.74) is 3.47. The van der Waals surface area contributed by atoms with Gasteiger partial charge >= 0.3 is 0 Å². The molecule has 2 aliphatic rings. The van der Waals surface area contributed by atoms with E-state index in [0.717, 1.165) is 20.9 Å². The lowest BCUT2D eigenvalue weighted by atomic mass is 9.92. The molecule has 1 aliphatic carbocycles. The summed E-state index contributed by atoms with van der Waals surface area (Å²) in [5.74, 6) is -3.25. The molecule has 1 fully saturated rings. The van der Waals surface area contributed by atoms with Gasteiger partial charge in [0.15, 0.2) is 0 Å². The predicted molar refractivity (Wildman–Crippen MR) is 123 cm³/mol. The first-order valence-corrected chi connectivity index (χ1v) is 11.6. The number of nitrogens with zero attached hydrogens (tertiary/aromatic N) is 1. The molecular weight excluding hydrogens is 445 g/mol. The Labute approximate surface area is 194 Å². The molecule has 3 aromatic rings. The van der Waals surface area contributed by atoms with Gasteiger partial charge in [-0.2, -0.15) is 0 Å². The van der Waals surface area contributed by atoms with Crippen LogP contribution in [0.15, 0.2) is 81.5 Å². The molecule has 5 rings (SSSR count). The fraction of sp³-hybridized carbons (Fsp3) is 0.231. The Morgan fingerprint density at radius 1 is 0.970 bits per heavy atom. The van der Waals surface area contributed by atoms with Crippen molar-refractivity contribution in [3.8, 4) is 0 Å². The zero-order valence-electron chi connectivity index (χ0n) is 17.7. The van der Waals surface area contributed by atoms with Crippen LogP contribution in [0, 0.1) is 5.82 Å². The first-order chi connectivity index (χ1) is 15.9. The van der Waals surface area contributed by atoms with Crippen molar-refractivity contribution in [2.75, 3.05) is 0 Å². The highest BCUT2D eigenvalue weighted by Crippen LogP contribution is 2.41. The Bertz CT molecular complexity index is 1230. The van der Waals surface area contributed by atoms with Crippen LogP contribution in [-0.4, -0.2) is 23.6 Å². The largest absolute Gasteiger partial charge is 0.349 e. The SMILES string of the molecule is O=C(NC1CCC(F)(F)CC1)c1ccc2c(c1)N=C(c1ccc(F)cc1)c1ccccc1S2. The number of halogens is 3. The molecule has 0 unspecified atom stereocenters. The van der Waals surface area contributed by atoms with Crippen LogP contribution in [0.25, 0.3) is 0 Å². The van der Waals surface area contributed by atoms with Gasteiger partial charge in [0.05, 0.1) is 11.4 Å². The van der Waals surface area contributed by atoms with Gasteiger partial charge in [0.1, 0.15) is 5.82 Å². The van der Waals surface area contributed by atoms with Gasteiger partial charge in [-0.05, 0) is 61.4 Å². The number of rotatable bonds is 3. The second-order valence-corrected chi connectivity index (χ2v) is 9.44. The molecule has 168 valence electrons. The second-order valence-electron chi connectivity index (χ2n) is 8.35. The number of amides is 1. The zero-order valence-corrected chi connectivity index (χ0v) is 18.5. The van der Waals surface area contributed by atoms with E-state index in [4.69, 9.17) is 4.99 Å². The highest BCUT2D eigenvalue weighted by atomic mass is 32.2. The summed E-state index contributed by atoms with van der Waals surface area (Å²) in [6.45, 7) is 0. The van der Waals surface area contributed by atoms with Crippen LogP contribution in [-0.2, 0) is 0 Å². The number of carbonyl (C=O) groups excluding carboxylic acids is 1. The molecule has 1 amide bonds. The predicted octanol–water partition coefficient (Wildman–Crippen LogP) is 6.77. The fourth-order valence-electron chi connectivity index (χ4n) is 4.16. The van der Waals surface area contributed by atoms with Gasteiger partial charge in [0.25, 0.3) is 5.91 Å². The number of carbonyl (C=O) groups is 1. The summed E-state index contributed by atoms with van der Waals surface area (Å²) < 4.78 is 40.4. The van der Waals surface area contributed by atoms with Gasteiger partial charge in [0.2, 0.25) is 5.92 Å². The van der Waals surface area contributed by atoms with E-state index in [2.05, 4.69) is 5.32 Å². The Balaban J connectivity index is 1.48. The molecule has 0 bridgehead atoms. The fourth-order valence-corrected chi connectivity index (χ4v) is 5.17. The summed E-state index contributed by atoms with van der Waals surface area (Å²) in [6.07, 6.45) is 0.119. The van der Waals surface area contributed by atoms with Crippen molar-refractivity contribution in [2.24, 2.45) is 4.99 Å². The van der Waals surface area contributed by atoms with E-state index in [-0.39, 0.29) is 43.4 Å². The molecule has 7 heteroatoms. The van der Waals surface area contributed by atoms with Crippen molar-refractivity contribution in [2.45, 2.75) is 47.4 Å². The highest BCUT2D eigenvalue weighted by molar-refractivity contribution is 7.99. The second kappa shape index (κ2) is 8.71. The third-order valence-corrected chi connectivity index (χ3v) is 7.13. The minimum Gasteiger partial charge on any atom is -0.349 e. The maximum atomic E-state index is 13.5. The van der Waals surface area contributed by atoms with Crippen LogP contribution >= 0.6 is 11.8 Å². The smallest absolute Gasteiger partial charge is 0.251 e. The first kappa shape index (κ1) is 21.8. The normalized spacial score (nSPS) is 17.4. The van der Waals surface area contributed by atoms with Crippen LogP contribution in [0.1, 0.15) is 47.2 Å². The molecule has 1 saturated carbocycles. The van der Waals surface area contributed by atoms with Gasteiger partial charge in [-0.15, -0.1) is 0 Å². The van der Waals surface area contributed by atoms with Gasteiger partial charge in [-0.1, -0.05) is 30.0 Å². The van der Waals surface area contributed by atoms with Crippen LogP contribution in [0.4, 0.5) is 18.9 Å². The van der Waals surface area contributed by atoms with E-state index >= 15 is 0 Å².